The van der Waals surface area contributed by atoms with E-state index in [0.717, 1.165) is 19.3 Å². The molecule has 0 aromatic rings. The molecule has 23 heavy (non-hydrogen) atoms. The predicted octanol–water partition coefficient (Wildman–Crippen LogP) is 6.75. The molecule has 0 atom stereocenters. The Balaban J connectivity index is 3.24. The summed E-state index contributed by atoms with van der Waals surface area (Å²) in [5.74, 6) is -0.0312. The van der Waals surface area contributed by atoms with Gasteiger partial charge in [-0.05, 0) is 38.5 Å². The van der Waals surface area contributed by atoms with Crippen molar-refractivity contribution in [2.75, 3.05) is 6.61 Å². The van der Waals surface area contributed by atoms with Crippen LogP contribution in [0.25, 0.3) is 0 Å². The van der Waals surface area contributed by atoms with Crippen molar-refractivity contribution in [3.8, 4) is 0 Å². The third kappa shape index (κ3) is 18.9. The van der Waals surface area contributed by atoms with E-state index in [2.05, 4.69) is 31.2 Å². The molecule has 0 aliphatic carbocycles. The number of carbonyl (C=O) groups is 1. The minimum Gasteiger partial charge on any atom is -0.466 e. The first-order valence-corrected chi connectivity index (χ1v) is 9.78. The Morgan fingerprint density at radius 2 is 1.30 bits per heavy atom. The van der Waals surface area contributed by atoms with Gasteiger partial charge in [0, 0.05) is 6.42 Å². The van der Waals surface area contributed by atoms with Crippen molar-refractivity contribution in [2.45, 2.75) is 97.3 Å². The number of unbranched alkanes of at least 4 members (excludes halogenated alkanes) is 9. The minimum absolute atomic E-state index is 0.0312. The van der Waals surface area contributed by atoms with Crippen LogP contribution in [0.3, 0.4) is 0 Å². The molecule has 0 amide bonds. The summed E-state index contributed by atoms with van der Waals surface area (Å²) < 4.78 is 5.06. The molecule has 0 fully saturated rings. The summed E-state index contributed by atoms with van der Waals surface area (Å²) in [7, 11) is 0. The monoisotopic (exact) mass is 322 g/mol. The number of ether oxygens (including phenoxy) is 1. The van der Waals surface area contributed by atoms with E-state index in [1.165, 1.54) is 57.8 Å². The van der Waals surface area contributed by atoms with Crippen LogP contribution in [0, 0.1) is 0 Å². The van der Waals surface area contributed by atoms with Crippen molar-refractivity contribution in [1.82, 2.24) is 0 Å². The van der Waals surface area contributed by atoms with Gasteiger partial charge in [-0.1, -0.05) is 76.7 Å². The van der Waals surface area contributed by atoms with E-state index in [9.17, 15) is 4.79 Å². The van der Waals surface area contributed by atoms with Gasteiger partial charge in [-0.3, -0.25) is 4.79 Å². The molecule has 0 aromatic carbocycles. The van der Waals surface area contributed by atoms with E-state index in [1.54, 1.807) is 0 Å². The van der Waals surface area contributed by atoms with Crippen LogP contribution in [0.1, 0.15) is 97.3 Å². The van der Waals surface area contributed by atoms with Crippen LogP contribution in [0.15, 0.2) is 24.3 Å². The summed E-state index contributed by atoms with van der Waals surface area (Å²) in [6.07, 6.45) is 24.0. The van der Waals surface area contributed by atoms with Gasteiger partial charge in [0.1, 0.15) is 0 Å². The molecule has 134 valence electrons. The van der Waals surface area contributed by atoms with Crippen molar-refractivity contribution < 1.29 is 9.53 Å². The van der Waals surface area contributed by atoms with Crippen LogP contribution in [-0.2, 0) is 9.53 Å². The molecule has 0 rings (SSSR count). The van der Waals surface area contributed by atoms with Gasteiger partial charge in [0.2, 0.25) is 0 Å². The first-order chi connectivity index (χ1) is 11.3. The zero-order valence-electron chi connectivity index (χ0n) is 15.5. The lowest BCUT2D eigenvalue weighted by molar-refractivity contribution is -0.143. The van der Waals surface area contributed by atoms with Crippen LogP contribution in [0.4, 0.5) is 0 Å². The van der Waals surface area contributed by atoms with Crippen molar-refractivity contribution in [2.24, 2.45) is 0 Å². The molecule has 0 aromatic heterocycles. The lowest BCUT2D eigenvalue weighted by atomic mass is 10.1. The van der Waals surface area contributed by atoms with E-state index in [1.807, 2.05) is 6.92 Å². The Hall–Kier alpha value is -1.05. The molecule has 0 N–H and O–H groups in total. The largest absolute Gasteiger partial charge is 0.466 e. The van der Waals surface area contributed by atoms with Crippen LogP contribution >= 0.6 is 0 Å². The average Bonchev–Trinajstić information content (AvgIpc) is 2.56. The molecule has 0 saturated carbocycles. The fraction of sp³-hybridized carbons (Fsp3) is 0.762. The highest BCUT2D eigenvalue weighted by Gasteiger charge is 2.00. The van der Waals surface area contributed by atoms with Gasteiger partial charge >= 0.3 is 5.97 Å². The summed E-state index contributed by atoms with van der Waals surface area (Å²) in [6.45, 7) is 4.84. The molecular weight excluding hydrogens is 284 g/mol. The minimum atomic E-state index is -0.0312. The van der Waals surface area contributed by atoms with Crippen molar-refractivity contribution in [1.29, 1.82) is 0 Å². The standard InChI is InChI=1S/C21H38O2/c1-3-5-6-7-8-9-10-11-12-13-14-15-16-17-18-19-21(22)23-20-4-2/h9-12H,3-8,13-20H2,1-2H3/b10-9+,12-11-. The maximum atomic E-state index is 11.3. The molecule has 0 heterocycles. The molecule has 2 heteroatoms. The summed E-state index contributed by atoms with van der Waals surface area (Å²) >= 11 is 0. The van der Waals surface area contributed by atoms with Crippen LogP contribution in [0.5, 0.6) is 0 Å². The molecule has 0 aliphatic rings. The third-order valence-corrected chi connectivity index (χ3v) is 3.83. The number of allylic oxidation sites excluding steroid dienone is 4. The fourth-order valence-electron chi connectivity index (χ4n) is 2.39. The number of hydrogen-bond acceptors (Lipinski definition) is 2. The molecule has 0 spiro atoms. The quantitative estimate of drug-likeness (QED) is 0.178. The van der Waals surface area contributed by atoms with Gasteiger partial charge < -0.3 is 4.74 Å². The molecule has 0 aliphatic heterocycles. The SMILES string of the molecule is CCCCCC/C=C/C=C\CCCCCCCC(=O)OCCC. The number of rotatable bonds is 16. The summed E-state index contributed by atoms with van der Waals surface area (Å²) in [4.78, 5) is 11.3. The summed E-state index contributed by atoms with van der Waals surface area (Å²) in [5, 5.41) is 0. The van der Waals surface area contributed by atoms with Gasteiger partial charge in [-0.15, -0.1) is 0 Å². The highest BCUT2D eigenvalue weighted by molar-refractivity contribution is 5.69. The first-order valence-electron chi connectivity index (χ1n) is 9.78. The maximum Gasteiger partial charge on any atom is 0.305 e. The highest BCUT2D eigenvalue weighted by Crippen LogP contribution is 2.08. The molecule has 0 radical (unpaired) electrons. The highest BCUT2D eigenvalue weighted by atomic mass is 16.5. The first kappa shape index (κ1) is 21.9. The van der Waals surface area contributed by atoms with E-state index in [0.29, 0.717) is 13.0 Å². The number of carbonyl (C=O) groups excluding carboxylic acids is 1. The van der Waals surface area contributed by atoms with Gasteiger partial charge in [-0.2, -0.15) is 0 Å². The lowest BCUT2D eigenvalue weighted by Crippen LogP contribution is -2.04. The van der Waals surface area contributed by atoms with Gasteiger partial charge in [-0.25, -0.2) is 0 Å². The van der Waals surface area contributed by atoms with Gasteiger partial charge in [0.05, 0.1) is 6.61 Å². The summed E-state index contributed by atoms with van der Waals surface area (Å²) in [5.41, 5.74) is 0. The van der Waals surface area contributed by atoms with E-state index < -0.39 is 0 Å². The van der Waals surface area contributed by atoms with Crippen LogP contribution < -0.4 is 0 Å². The second-order valence-electron chi connectivity index (χ2n) is 6.23. The van der Waals surface area contributed by atoms with Crippen molar-refractivity contribution in [3.05, 3.63) is 24.3 Å². The molecule has 2 nitrogen and oxygen atoms in total. The number of hydrogen-bond donors (Lipinski definition) is 0. The Kier molecular flexibility index (Phi) is 18.1. The van der Waals surface area contributed by atoms with Crippen molar-refractivity contribution >= 4 is 5.97 Å². The second-order valence-corrected chi connectivity index (χ2v) is 6.23. The third-order valence-electron chi connectivity index (χ3n) is 3.83. The topological polar surface area (TPSA) is 26.3 Å². The Labute approximate surface area is 144 Å². The molecule has 0 bridgehead atoms. The summed E-state index contributed by atoms with van der Waals surface area (Å²) in [6, 6.07) is 0. The molecule has 0 saturated heterocycles. The molecular formula is C21H38O2. The normalized spacial score (nSPS) is 11.6. The fourth-order valence-corrected chi connectivity index (χ4v) is 2.39. The zero-order chi connectivity index (χ0) is 17.0. The van der Waals surface area contributed by atoms with Gasteiger partial charge in [0.25, 0.3) is 0 Å². The zero-order valence-corrected chi connectivity index (χ0v) is 15.5. The van der Waals surface area contributed by atoms with Gasteiger partial charge in [0.15, 0.2) is 0 Å². The smallest absolute Gasteiger partial charge is 0.305 e. The predicted molar refractivity (Wildman–Crippen MR) is 101 cm³/mol. The Morgan fingerprint density at radius 1 is 0.739 bits per heavy atom. The second kappa shape index (κ2) is 19.0. The van der Waals surface area contributed by atoms with Crippen LogP contribution in [0.2, 0.25) is 0 Å². The maximum absolute atomic E-state index is 11.3. The van der Waals surface area contributed by atoms with Crippen LogP contribution in [-0.4, -0.2) is 12.6 Å². The lowest BCUT2D eigenvalue weighted by Gasteiger charge is -2.02. The Bertz CT molecular complexity index is 305. The average molecular weight is 323 g/mol. The number of esters is 1. The van der Waals surface area contributed by atoms with E-state index in [4.69, 9.17) is 4.74 Å². The van der Waals surface area contributed by atoms with Crippen molar-refractivity contribution in [3.63, 3.8) is 0 Å². The Morgan fingerprint density at radius 3 is 1.91 bits per heavy atom. The van der Waals surface area contributed by atoms with E-state index in [-0.39, 0.29) is 5.97 Å². The molecule has 0 unspecified atom stereocenters. The van der Waals surface area contributed by atoms with E-state index >= 15 is 0 Å².